The Labute approximate surface area is 129 Å². The molecule has 1 amide bonds. The minimum atomic E-state index is 0.176. The molecule has 0 N–H and O–H groups in total. The fourth-order valence-electron chi connectivity index (χ4n) is 2.02. The van der Waals surface area contributed by atoms with Crippen LogP contribution in [0.3, 0.4) is 0 Å². The number of nitrogens with zero attached hydrogens (tertiary/aromatic N) is 3. The van der Waals surface area contributed by atoms with Crippen LogP contribution in [0.2, 0.25) is 0 Å². The molecule has 0 saturated heterocycles. The highest BCUT2D eigenvalue weighted by Crippen LogP contribution is 2.18. The van der Waals surface area contributed by atoms with E-state index in [2.05, 4.69) is 16.9 Å². The van der Waals surface area contributed by atoms with Crippen molar-refractivity contribution >= 4 is 17.2 Å². The first kappa shape index (κ1) is 15.6. The van der Waals surface area contributed by atoms with Gasteiger partial charge in [-0.25, -0.2) is 4.98 Å². The Balaban J connectivity index is 1.77. The quantitative estimate of drug-likeness (QED) is 0.824. The van der Waals surface area contributed by atoms with Crippen LogP contribution in [0, 0.1) is 13.8 Å². The Kier molecular flexibility index (Phi) is 5.44. The molecule has 2 aromatic heterocycles. The van der Waals surface area contributed by atoms with Crippen molar-refractivity contribution < 1.29 is 4.79 Å². The Bertz CT molecular complexity index is 575. The lowest BCUT2D eigenvalue weighted by Crippen LogP contribution is -2.29. The molecule has 0 atom stereocenters. The fraction of sp³-hybridized carbons (Fsp3) is 0.438. The summed E-state index contributed by atoms with van der Waals surface area (Å²) in [7, 11) is 1.86. The molecule has 0 fully saturated rings. The molecule has 0 aliphatic heterocycles. The molecule has 2 heterocycles. The number of hydrogen-bond donors (Lipinski definition) is 0. The molecular weight excluding hydrogens is 282 g/mol. The topological polar surface area (TPSA) is 46.1 Å². The van der Waals surface area contributed by atoms with Gasteiger partial charge in [0.25, 0.3) is 0 Å². The van der Waals surface area contributed by atoms with Gasteiger partial charge >= 0.3 is 0 Å². The predicted molar refractivity (Wildman–Crippen MR) is 85.5 cm³/mol. The second-order valence-electron chi connectivity index (χ2n) is 5.17. The lowest BCUT2D eigenvalue weighted by molar-refractivity contribution is -0.129. The van der Waals surface area contributed by atoms with Gasteiger partial charge in [-0.1, -0.05) is 0 Å². The number of carbonyl (C=O) groups excluding carboxylic acids is 1. The van der Waals surface area contributed by atoms with Crippen LogP contribution >= 0.6 is 11.3 Å². The summed E-state index contributed by atoms with van der Waals surface area (Å²) in [6.45, 7) is 4.82. The number of likely N-dealkylation sites (N-methyl/N-ethyl adjacent to an activating group) is 1. The van der Waals surface area contributed by atoms with Crippen LogP contribution in [0.5, 0.6) is 0 Å². The molecule has 2 aromatic rings. The third-order valence-corrected chi connectivity index (χ3v) is 4.67. The number of hydrogen-bond acceptors (Lipinski definition) is 4. The highest BCUT2D eigenvalue weighted by Gasteiger charge is 2.11. The van der Waals surface area contributed by atoms with Crippen molar-refractivity contribution in [2.45, 2.75) is 33.1 Å². The van der Waals surface area contributed by atoms with Crippen LogP contribution in [0.1, 0.15) is 27.6 Å². The van der Waals surface area contributed by atoms with Crippen LogP contribution in [-0.4, -0.2) is 34.4 Å². The first-order valence-corrected chi connectivity index (χ1v) is 7.93. The normalized spacial score (nSPS) is 10.6. The Hall–Kier alpha value is -1.75. The van der Waals surface area contributed by atoms with E-state index in [0.29, 0.717) is 6.42 Å². The zero-order chi connectivity index (χ0) is 15.2. The summed E-state index contributed by atoms with van der Waals surface area (Å²) < 4.78 is 0. The number of carbonyl (C=O) groups is 1. The van der Waals surface area contributed by atoms with Gasteiger partial charge in [0, 0.05) is 43.7 Å². The smallest absolute Gasteiger partial charge is 0.222 e. The maximum atomic E-state index is 12.1. The second-order valence-corrected chi connectivity index (χ2v) is 6.46. The van der Waals surface area contributed by atoms with Crippen LogP contribution in [0.4, 0.5) is 0 Å². The first-order chi connectivity index (χ1) is 10.1. The Morgan fingerprint density at radius 1 is 1.24 bits per heavy atom. The predicted octanol–water partition coefficient (Wildman–Crippen LogP) is 2.79. The SMILES string of the molecule is Cc1nc(CCC(=O)N(C)CCc2ccncc2)sc1C. The zero-order valence-electron chi connectivity index (χ0n) is 12.8. The van der Waals surface area contributed by atoms with Gasteiger partial charge < -0.3 is 4.90 Å². The van der Waals surface area contributed by atoms with Gasteiger partial charge in [-0.3, -0.25) is 9.78 Å². The lowest BCUT2D eigenvalue weighted by atomic mass is 10.2. The molecule has 0 aliphatic carbocycles. The Morgan fingerprint density at radius 2 is 1.95 bits per heavy atom. The number of pyridine rings is 1. The van der Waals surface area contributed by atoms with Gasteiger partial charge in [-0.2, -0.15) is 0 Å². The maximum absolute atomic E-state index is 12.1. The molecule has 0 saturated carbocycles. The van der Waals surface area contributed by atoms with E-state index in [1.807, 2.05) is 26.1 Å². The van der Waals surface area contributed by atoms with Crippen LogP contribution in [-0.2, 0) is 17.6 Å². The third kappa shape index (κ3) is 4.63. The lowest BCUT2D eigenvalue weighted by Gasteiger charge is -2.16. The number of thiazole rings is 1. The van der Waals surface area contributed by atoms with E-state index in [9.17, 15) is 4.79 Å². The zero-order valence-corrected chi connectivity index (χ0v) is 13.6. The summed E-state index contributed by atoms with van der Waals surface area (Å²) in [5.41, 5.74) is 2.28. The maximum Gasteiger partial charge on any atom is 0.222 e. The van der Waals surface area contributed by atoms with Crippen molar-refractivity contribution in [3.05, 3.63) is 45.7 Å². The summed E-state index contributed by atoms with van der Waals surface area (Å²) in [6, 6.07) is 3.97. The minimum Gasteiger partial charge on any atom is -0.345 e. The summed E-state index contributed by atoms with van der Waals surface area (Å²) >= 11 is 1.69. The first-order valence-electron chi connectivity index (χ1n) is 7.12. The number of aryl methyl sites for hydroxylation is 3. The molecule has 0 aliphatic rings. The van der Waals surface area contributed by atoms with Crippen molar-refractivity contribution in [3.63, 3.8) is 0 Å². The number of rotatable bonds is 6. The average molecular weight is 303 g/mol. The highest BCUT2D eigenvalue weighted by atomic mass is 32.1. The van der Waals surface area contributed by atoms with Crippen LogP contribution in [0.15, 0.2) is 24.5 Å². The van der Waals surface area contributed by atoms with Crippen molar-refractivity contribution in [2.75, 3.05) is 13.6 Å². The number of aromatic nitrogens is 2. The van der Waals surface area contributed by atoms with Gasteiger partial charge in [0.2, 0.25) is 5.91 Å². The molecule has 21 heavy (non-hydrogen) atoms. The van der Waals surface area contributed by atoms with Crippen LogP contribution < -0.4 is 0 Å². The van der Waals surface area contributed by atoms with Crippen molar-refractivity contribution in [3.8, 4) is 0 Å². The second kappa shape index (κ2) is 7.31. The summed E-state index contributed by atoms with van der Waals surface area (Å²) in [6.07, 6.45) is 5.69. The van der Waals surface area contributed by atoms with Gasteiger partial charge in [0.05, 0.1) is 10.7 Å². The monoisotopic (exact) mass is 303 g/mol. The van der Waals surface area contributed by atoms with E-state index < -0.39 is 0 Å². The van der Waals surface area contributed by atoms with Crippen LogP contribution in [0.25, 0.3) is 0 Å². The number of amides is 1. The minimum absolute atomic E-state index is 0.176. The molecular formula is C16H21N3OS. The third-order valence-electron chi connectivity index (χ3n) is 3.54. The van der Waals surface area contributed by atoms with E-state index in [1.54, 1.807) is 28.6 Å². The van der Waals surface area contributed by atoms with E-state index in [1.165, 1.54) is 10.4 Å². The molecule has 4 nitrogen and oxygen atoms in total. The largest absolute Gasteiger partial charge is 0.345 e. The molecule has 0 radical (unpaired) electrons. The summed E-state index contributed by atoms with van der Waals surface area (Å²) in [5.74, 6) is 0.176. The van der Waals surface area contributed by atoms with Gasteiger partial charge in [-0.05, 0) is 38.0 Å². The average Bonchev–Trinajstić information content (AvgIpc) is 2.82. The van der Waals surface area contributed by atoms with E-state index in [0.717, 1.165) is 30.1 Å². The standard InChI is InChI=1S/C16H21N3OS/c1-12-13(2)21-15(18-12)4-5-16(20)19(3)11-8-14-6-9-17-10-7-14/h6-7,9-10H,4-5,8,11H2,1-3H3. The van der Waals surface area contributed by atoms with E-state index in [-0.39, 0.29) is 5.91 Å². The Morgan fingerprint density at radius 3 is 2.57 bits per heavy atom. The molecule has 2 rings (SSSR count). The molecule has 5 heteroatoms. The van der Waals surface area contributed by atoms with Gasteiger partial charge in [0.1, 0.15) is 0 Å². The van der Waals surface area contributed by atoms with Crippen molar-refractivity contribution in [1.82, 2.24) is 14.9 Å². The molecule has 0 bridgehead atoms. The van der Waals surface area contributed by atoms with Gasteiger partial charge in [-0.15, -0.1) is 11.3 Å². The molecule has 0 aromatic carbocycles. The van der Waals surface area contributed by atoms with E-state index >= 15 is 0 Å². The van der Waals surface area contributed by atoms with E-state index in [4.69, 9.17) is 0 Å². The van der Waals surface area contributed by atoms with Crippen molar-refractivity contribution in [1.29, 1.82) is 0 Å². The van der Waals surface area contributed by atoms with Crippen molar-refractivity contribution in [2.24, 2.45) is 0 Å². The van der Waals surface area contributed by atoms with Gasteiger partial charge in [0.15, 0.2) is 0 Å². The molecule has 0 spiro atoms. The fourth-order valence-corrected chi connectivity index (χ4v) is 2.96. The highest BCUT2D eigenvalue weighted by molar-refractivity contribution is 7.11. The summed E-state index contributed by atoms with van der Waals surface area (Å²) in [4.78, 5) is 23.6. The molecule has 112 valence electrons. The molecule has 0 unspecified atom stereocenters. The summed E-state index contributed by atoms with van der Waals surface area (Å²) in [5, 5.41) is 1.06.